The molecular formula is C23H19ClN2O4S. The van der Waals surface area contributed by atoms with Gasteiger partial charge in [-0.3, -0.25) is 14.5 Å². The summed E-state index contributed by atoms with van der Waals surface area (Å²) in [6.07, 6.45) is 1.56. The Bertz CT molecular complexity index is 1160. The Morgan fingerprint density at radius 2 is 1.94 bits per heavy atom. The molecule has 0 radical (unpaired) electrons. The number of aromatic nitrogens is 1. The Labute approximate surface area is 188 Å². The number of Topliss-reactive ketones (excluding diaryl/α,β-unsaturated/α-hetero) is 1. The van der Waals surface area contributed by atoms with Gasteiger partial charge in [-0.25, -0.2) is 4.98 Å². The molecule has 2 aromatic carbocycles. The number of hydrogen-bond donors (Lipinski definition) is 1. The van der Waals surface area contributed by atoms with E-state index in [4.69, 9.17) is 16.3 Å². The minimum atomic E-state index is -0.851. The number of carbonyl (C=O) groups excluding carboxylic acids is 2. The predicted molar refractivity (Wildman–Crippen MR) is 121 cm³/mol. The maximum absolute atomic E-state index is 13.0. The summed E-state index contributed by atoms with van der Waals surface area (Å²) in [6.45, 7) is 3.83. The van der Waals surface area contributed by atoms with E-state index in [0.29, 0.717) is 27.0 Å². The average molecular weight is 455 g/mol. The normalized spacial score (nSPS) is 18.1. The second kappa shape index (κ2) is 8.53. The first-order valence-electron chi connectivity index (χ1n) is 9.60. The Hall–Kier alpha value is -3.16. The molecule has 3 aromatic rings. The Morgan fingerprint density at radius 3 is 2.55 bits per heavy atom. The van der Waals surface area contributed by atoms with Crippen LogP contribution in [0.15, 0.2) is 65.7 Å². The van der Waals surface area contributed by atoms with Gasteiger partial charge in [0.25, 0.3) is 5.78 Å². The molecule has 0 saturated carbocycles. The van der Waals surface area contributed by atoms with Crippen molar-refractivity contribution in [1.82, 2.24) is 4.98 Å². The van der Waals surface area contributed by atoms with E-state index in [9.17, 15) is 14.7 Å². The van der Waals surface area contributed by atoms with Gasteiger partial charge < -0.3 is 9.84 Å². The van der Waals surface area contributed by atoms with Gasteiger partial charge in [0.2, 0.25) is 0 Å². The average Bonchev–Trinajstić information content (AvgIpc) is 3.35. The van der Waals surface area contributed by atoms with Crippen LogP contribution in [0, 0.1) is 0 Å². The fourth-order valence-electron chi connectivity index (χ4n) is 3.48. The number of aliphatic hydroxyl groups is 1. The van der Waals surface area contributed by atoms with E-state index >= 15 is 0 Å². The molecule has 1 saturated heterocycles. The minimum absolute atomic E-state index is 0.00546. The summed E-state index contributed by atoms with van der Waals surface area (Å²) >= 11 is 7.41. The van der Waals surface area contributed by atoms with Gasteiger partial charge in [0, 0.05) is 22.2 Å². The molecule has 1 fully saturated rings. The highest BCUT2D eigenvalue weighted by Crippen LogP contribution is 2.43. The number of aliphatic hydroxyl groups excluding tert-OH is 1. The van der Waals surface area contributed by atoms with Crippen LogP contribution in [0.25, 0.3) is 5.76 Å². The van der Waals surface area contributed by atoms with Crippen LogP contribution in [-0.2, 0) is 9.59 Å². The molecule has 1 aliphatic rings. The molecule has 2 heterocycles. The molecule has 0 spiro atoms. The van der Waals surface area contributed by atoms with Crippen molar-refractivity contribution in [1.29, 1.82) is 0 Å². The second-order valence-electron chi connectivity index (χ2n) is 7.23. The van der Waals surface area contributed by atoms with Crippen LogP contribution in [0.1, 0.15) is 31.0 Å². The lowest BCUT2D eigenvalue weighted by Crippen LogP contribution is -2.29. The molecular weight excluding hydrogens is 436 g/mol. The van der Waals surface area contributed by atoms with Crippen molar-refractivity contribution in [3.05, 3.63) is 81.8 Å². The molecule has 0 aliphatic carbocycles. The summed E-state index contributed by atoms with van der Waals surface area (Å²) in [4.78, 5) is 31.5. The zero-order valence-electron chi connectivity index (χ0n) is 16.8. The number of ketones is 1. The van der Waals surface area contributed by atoms with E-state index in [-0.39, 0.29) is 17.4 Å². The number of rotatable bonds is 5. The molecule has 6 nitrogen and oxygen atoms in total. The third kappa shape index (κ3) is 4.06. The molecule has 1 N–H and O–H groups in total. The lowest BCUT2D eigenvalue weighted by Gasteiger charge is -2.23. The molecule has 31 heavy (non-hydrogen) atoms. The Balaban J connectivity index is 1.85. The van der Waals surface area contributed by atoms with E-state index in [1.165, 1.54) is 16.2 Å². The highest BCUT2D eigenvalue weighted by Gasteiger charge is 2.48. The molecule has 1 unspecified atom stereocenters. The van der Waals surface area contributed by atoms with Gasteiger partial charge in [-0.15, -0.1) is 11.3 Å². The number of benzene rings is 2. The van der Waals surface area contributed by atoms with E-state index in [1.54, 1.807) is 60.1 Å². The zero-order chi connectivity index (χ0) is 22.1. The maximum Gasteiger partial charge on any atom is 0.301 e. The number of anilines is 1. The van der Waals surface area contributed by atoms with Crippen LogP contribution in [0.4, 0.5) is 5.13 Å². The van der Waals surface area contributed by atoms with Crippen LogP contribution in [0.3, 0.4) is 0 Å². The van der Waals surface area contributed by atoms with Crippen LogP contribution in [-0.4, -0.2) is 27.9 Å². The molecule has 4 rings (SSSR count). The monoisotopic (exact) mass is 454 g/mol. The van der Waals surface area contributed by atoms with Crippen LogP contribution >= 0.6 is 22.9 Å². The van der Waals surface area contributed by atoms with Crippen molar-refractivity contribution in [2.24, 2.45) is 0 Å². The molecule has 0 bridgehead atoms. The van der Waals surface area contributed by atoms with Gasteiger partial charge in [0.05, 0.1) is 17.7 Å². The highest BCUT2D eigenvalue weighted by molar-refractivity contribution is 7.14. The lowest BCUT2D eigenvalue weighted by molar-refractivity contribution is -0.132. The largest absolute Gasteiger partial charge is 0.507 e. The Morgan fingerprint density at radius 1 is 1.19 bits per heavy atom. The zero-order valence-corrected chi connectivity index (χ0v) is 18.4. The van der Waals surface area contributed by atoms with Gasteiger partial charge >= 0.3 is 5.91 Å². The van der Waals surface area contributed by atoms with Crippen molar-refractivity contribution >= 4 is 45.5 Å². The fraction of sp³-hybridized carbons (Fsp3) is 0.174. The summed E-state index contributed by atoms with van der Waals surface area (Å²) in [7, 11) is 0. The smallest absolute Gasteiger partial charge is 0.301 e. The summed E-state index contributed by atoms with van der Waals surface area (Å²) in [6, 6.07) is 12.7. The number of halogens is 1. The second-order valence-corrected chi connectivity index (χ2v) is 8.54. The number of nitrogens with zero attached hydrogens (tertiary/aromatic N) is 2. The topological polar surface area (TPSA) is 79.7 Å². The highest BCUT2D eigenvalue weighted by atomic mass is 35.5. The van der Waals surface area contributed by atoms with Crippen molar-refractivity contribution in [2.75, 3.05) is 4.90 Å². The molecule has 158 valence electrons. The number of carbonyl (C=O) groups is 2. The summed E-state index contributed by atoms with van der Waals surface area (Å²) < 4.78 is 5.63. The summed E-state index contributed by atoms with van der Waals surface area (Å²) in [5, 5.41) is 13.6. The third-order valence-electron chi connectivity index (χ3n) is 4.73. The standard InChI is InChI=1S/C23H19ClN2O4S/c1-13(2)30-17-8-6-14(7-9-17)20(27)18-19(15-4-3-5-16(24)12-15)26(22(29)21(18)28)23-25-10-11-31-23/h3-13,19,27H,1-2H3/b20-18-. The van der Waals surface area contributed by atoms with Crippen LogP contribution in [0.2, 0.25) is 5.02 Å². The molecule has 1 amide bonds. The minimum Gasteiger partial charge on any atom is -0.507 e. The fourth-order valence-corrected chi connectivity index (χ4v) is 4.34. The molecule has 1 aliphatic heterocycles. The quantitative estimate of drug-likeness (QED) is 0.325. The SMILES string of the molecule is CC(C)Oc1ccc(/C(O)=C2/C(=O)C(=O)N(c3nccs3)C2c2cccc(Cl)c2)cc1. The maximum atomic E-state index is 13.0. The van der Waals surface area contributed by atoms with Crippen LogP contribution in [0.5, 0.6) is 5.75 Å². The van der Waals surface area contributed by atoms with Gasteiger partial charge in [0.1, 0.15) is 11.5 Å². The number of amides is 1. The van der Waals surface area contributed by atoms with Gasteiger partial charge in [-0.2, -0.15) is 0 Å². The first kappa shape index (κ1) is 21.1. The van der Waals surface area contributed by atoms with E-state index in [1.807, 2.05) is 13.8 Å². The van der Waals surface area contributed by atoms with Crippen molar-refractivity contribution in [2.45, 2.75) is 26.0 Å². The first-order chi connectivity index (χ1) is 14.9. The van der Waals surface area contributed by atoms with Crippen molar-refractivity contribution < 1.29 is 19.4 Å². The van der Waals surface area contributed by atoms with E-state index in [0.717, 1.165) is 0 Å². The molecule has 1 atom stereocenters. The lowest BCUT2D eigenvalue weighted by atomic mass is 9.95. The molecule has 8 heteroatoms. The molecule has 1 aromatic heterocycles. The van der Waals surface area contributed by atoms with E-state index < -0.39 is 17.7 Å². The summed E-state index contributed by atoms with van der Waals surface area (Å²) in [5.74, 6) is -1.15. The van der Waals surface area contributed by atoms with Crippen molar-refractivity contribution in [3.8, 4) is 5.75 Å². The van der Waals surface area contributed by atoms with Gasteiger partial charge in [-0.05, 0) is 55.8 Å². The first-order valence-corrected chi connectivity index (χ1v) is 10.9. The van der Waals surface area contributed by atoms with Gasteiger partial charge in [-0.1, -0.05) is 23.7 Å². The summed E-state index contributed by atoms with van der Waals surface area (Å²) in [5.41, 5.74) is 0.989. The number of thiazole rings is 1. The third-order valence-corrected chi connectivity index (χ3v) is 5.74. The Kier molecular flexibility index (Phi) is 5.80. The van der Waals surface area contributed by atoms with Gasteiger partial charge in [0.15, 0.2) is 5.13 Å². The number of ether oxygens (including phenoxy) is 1. The number of hydrogen-bond acceptors (Lipinski definition) is 6. The van der Waals surface area contributed by atoms with E-state index in [2.05, 4.69) is 4.98 Å². The van der Waals surface area contributed by atoms with Crippen molar-refractivity contribution in [3.63, 3.8) is 0 Å². The predicted octanol–water partition coefficient (Wildman–Crippen LogP) is 5.21. The van der Waals surface area contributed by atoms with Crippen LogP contribution < -0.4 is 9.64 Å².